The van der Waals surface area contributed by atoms with Crippen LogP contribution in [0.5, 0.6) is 0 Å². The van der Waals surface area contributed by atoms with Gasteiger partial charge in [-0.1, -0.05) is 23.8 Å². The van der Waals surface area contributed by atoms with Crippen LogP contribution in [0.2, 0.25) is 0 Å². The molecule has 2 aliphatic rings. The van der Waals surface area contributed by atoms with E-state index in [9.17, 15) is 4.79 Å². The summed E-state index contributed by atoms with van der Waals surface area (Å²) in [6.07, 6.45) is 3.35. The van der Waals surface area contributed by atoms with Crippen molar-refractivity contribution in [1.29, 1.82) is 0 Å². The van der Waals surface area contributed by atoms with Gasteiger partial charge in [0.25, 0.3) is 0 Å². The predicted octanol–water partition coefficient (Wildman–Crippen LogP) is 1.99. The first-order valence-corrected chi connectivity index (χ1v) is 7.45. The Morgan fingerprint density at radius 2 is 2.10 bits per heavy atom. The van der Waals surface area contributed by atoms with Gasteiger partial charge in [0, 0.05) is 12.5 Å². The van der Waals surface area contributed by atoms with E-state index < -0.39 is 0 Å². The molecule has 3 N–H and O–H groups in total. The van der Waals surface area contributed by atoms with Crippen molar-refractivity contribution in [3.8, 4) is 0 Å². The molecule has 1 unspecified atom stereocenters. The number of carbonyl (C=O) groups is 1. The monoisotopic (exact) mass is 273 g/mol. The van der Waals surface area contributed by atoms with Gasteiger partial charge in [-0.25, -0.2) is 4.79 Å². The van der Waals surface area contributed by atoms with Crippen molar-refractivity contribution in [2.24, 2.45) is 0 Å². The van der Waals surface area contributed by atoms with Gasteiger partial charge in [-0.15, -0.1) is 0 Å². The first kappa shape index (κ1) is 13.4. The van der Waals surface area contributed by atoms with Crippen LogP contribution in [0, 0.1) is 6.92 Å². The van der Waals surface area contributed by atoms with Crippen LogP contribution in [-0.2, 0) is 5.41 Å². The zero-order valence-corrected chi connectivity index (χ0v) is 12.3. The zero-order valence-electron chi connectivity index (χ0n) is 12.3. The van der Waals surface area contributed by atoms with Crippen LogP contribution in [-0.4, -0.2) is 26.2 Å². The van der Waals surface area contributed by atoms with Crippen LogP contribution in [0.25, 0.3) is 0 Å². The number of hydrogen-bond donors (Lipinski definition) is 3. The van der Waals surface area contributed by atoms with E-state index in [1.54, 1.807) is 7.05 Å². The molecule has 108 valence electrons. The average molecular weight is 273 g/mol. The summed E-state index contributed by atoms with van der Waals surface area (Å²) in [4.78, 5) is 11.7. The minimum Gasteiger partial charge on any atom is -0.341 e. The Morgan fingerprint density at radius 1 is 1.35 bits per heavy atom. The lowest BCUT2D eigenvalue weighted by molar-refractivity contribution is 0.233. The SMILES string of the molecule is CNC(=O)NC1CC2(CCNCC2)c2ccc(C)cc21. The highest BCUT2D eigenvalue weighted by atomic mass is 16.2. The van der Waals surface area contributed by atoms with E-state index >= 15 is 0 Å². The number of fused-ring (bicyclic) bond motifs is 2. The molecule has 4 heteroatoms. The van der Waals surface area contributed by atoms with E-state index in [0.717, 1.165) is 32.4 Å². The number of piperidine rings is 1. The Morgan fingerprint density at radius 3 is 2.80 bits per heavy atom. The van der Waals surface area contributed by atoms with Crippen molar-refractivity contribution < 1.29 is 4.79 Å². The van der Waals surface area contributed by atoms with Gasteiger partial charge in [-0.3, -0.25) is 0 Å². The Kier molecular flexibility index (Phi) is 3.42. The summed E-state index contributed by atoms with van der Waals surface area (Å²) in [6, 6.07) is 6.77. The van der Waals surface area contributed by atoms with E-state index in [-0.39, 0.29) is 17.5 Å². The molecule has 4 nitrogen and oxygen atoms in total. The lowest BCUT2D eigenvalue weighted by Crippen LogP contribution is -2.40. The molecule has 3 rings (SSSR count). The van der Waals surface area contributed by atoms with Crippen molar-refractivity contribution in [3.63, 3.8) is 0 Å². The summed E-state index contributed by atoms with van der Waals surface area (Å²) < 4.78 is 0. The van der Waals surface area contributed by atoms with Crippen molar-refractivity contribution in [2.75, 3.05) is 20.1 Å². The molecular weight excluding hydrogens is 250 g/mol. The van der Waals surface area contributed by atoms with Gasteiger partial charge in [0.05, 0.1) is 6.04 Å². The van der Waals surface area contributed by atoms with E-state index in [1.165, 1.54) is 16.7 Å². The van der Waals surface area contributed by atoms with Crippen molar-refractivity contribution >= 4 is 6.03 Å². The number of carbonyl (C=O) groups excluding carboxylic acids is 1. The molecule has 1 fully saturated rings. The van der Waals surface area contributed by atoms with E-state index in [2.05, 4.69) is 41.1 Å². The largest absolute Gasteiger partial charge is 0.341 e. The van der Waals surface area contributed by atoms with Crippen LogP contribution < -0.4 is 16.0 Å². The first-order chi connectivity index (χ1) is 9.64. The molecule has 1 saturated heterocycles. The van der Waals surface area contributed by atoms with E-state index in [0.29, 0.717) is 0 Å². The second kappa shape index (κ2) is 5.09. The van der Waals surface area contributed by atoms with Gasteiger partial charge in [-0.2, -0.15) is 0 Å². The molecule has 2 amide bonds. The number of nitrogens with one attached hydrogen (secondary N) is 3. The Hall–Kier alpha value is -1.55. The van der Waals surface area contributed by atoms with Crippen LogP contribution in [0.15, 0.2) is 18.2 Å². The predicted molar refractivity (Wildman–Crippen MR) is 79.9 cm³/mol. The van der Waals surface area contributed by atoms with Crippen LogP contribution in [0.4, 0.5) is 4.79 Å². The molecule has 1 aromatic rings. The standard InChI is InChI=1S/C16H23N3O/c1-11-3-4-13-12(9-11)14(19-15(20)17-2)10-16(13)5-7-18-8-6-16/h3-4,9,14,18H,5-8,10H2,1-2H3,(H2,17,19,20). The Bertz CT molecular complexity index is 520. The second-order valence-electron chi connectivity index (χ2n) is 6.10. The fourth-order valence-electron chi connectivity index (χ4n) is 3.80. The maximum absolute atomic E-state index is 11.7. The number of amides is 2. The van der Waals surface area contributed by atoms with Crippen molar-refractivity contribution in [1.82, 2.24) is 16.0 Å². The highest BCUT2D eigenvalue weighted by Gasteiger charge is 2.44. The van der Waals surface area contributed by atoms with Gasteiger partial charge < -0.3 is 16.0 Å². The first-order valence-electron chi connectivity index (χ1n) is 7.45. The normalized spacial score (nSPS) is 23.4. The second-order valence-corrected chi connectivity index (χ2v) is 6.10. The zero-order chi connectivity index (χ0) is 14.2. The van der Waals surface area contributed by atoms with Gasteiger partial charge in [0.15, 0.2) is 0 Å². The Labute approximate surface area is 120 Å². The van der Waals surface area contributed by atoms with Crippen LogP contribution in [0.1, 0.15) is 42.0 Å². The highest BCUT2D eigenvalue weighted by molar-refractivity contribution is 5.74. The summed E-state index contributed by atoms with van der Waals surface area (Å²) in [7, 11) is 1.67. The van der Waals surface area contributed by atoms with Crippen LogP contribution in [0.3, 0.4) is 0 Å². The average Bonchev–Trinajstić information content (AvgIpc) is 2.73. The molecule has 1 spiro atoms. The van der Waals surface area contributed by atoms with E-state index in [1.807, 2.05) is 0 Å². The quantitative estimate of drug-likeness (QED) is 0.733. The third kappa shape index (κ3) is 2.18. The maximum Gasteiger partial charge on any atom is 0.315 e. The van der Waals surface area contributed by atoms with Gasteiger partial charge in [-0.05, 0) is 50.4 Å². The molecule has 0 bridgehead atoms. The van der Waals surface area contributed by atoms with Crippen molar-refractivity contribution in [2.45, 2.75) is 37.6 Å². The smallest absolute Gasteiger partial charge is 0.315 e. The number of rotatable bonds is 1. The van der Waals surface area contributed by atoms with Gasteiger partial charge in [0.1, 0.15) is 0 Å². The molecule has 1 aliphatic heterocycles. The number of urea groups is 1. The summed E-state index contributed by atoms with van der Waals surface area (Å²) in [5, 5.41) is 9.22. The third-order valence-electron chi connectivity index (χ3n) is 4.84. The molecule has 0 radical (unpaired) electrons. The lowest BCUT2D eigenvalue weighted by Gasteiger charge is -2.35. The molecule has 1 aliphatic carbocycles. The minimum atomic E-state index is -0.0894. The van der Waals surface area contributed by atoms with Crippen LogP contribution >= 0.6 is 0 Å². The third-order valence-corrected chi connectivity index (χ3v) is 4.84. The summed E-state index contributed by atoms with van der Waals surface area (Å²) in [6.45, 7) is 4.25. The topological polar surface area (TPSA) is 53.2 Å². The minimum absolute atomic E-state index is 0.0894. The van der Waals surface area contributed by atoms with E-state index in [4.69, 9.17) is 0 Å². The summed E-state index contributed by atoms with van der Waals surface area (Å²) in [5.74, 6) is 0. The highest BCUT2D eigenvalue weighted by Crippen LogP contribution is 2.50. The maximum atomic E-state index is 11.7. The summed E-state index contributed by atoms with van der Waals surface area (Å²) in [5.41, 5.74) is 4.28. The van der Waals surface area contributed by atoms with Crippen molar-refractivity contribution in [3.05, 3.63) is 34.9 Å². The molecule has 1 heterocycles. The Balaban J connectivity index is 1.97. The molecule has 0 saturated carbocycles. The van der Waals surface area contributed by atoms with Gasteiger partial charge >= 0.3 is 6.03 Å². The molecule has 20 heavy (non-hydrogen) atoms. The molecule has 0 aromatic heterocycles. The number of benzene rings is 1. The fraction of sp³-hybridized carbons (Fsp3) is 0.562. The van der Waals surface area contributed by atoms with Gasteiger partial charge in [0.2, 0.25) is 0 Å². The molecule has 1 aromatic carbocycles. The summed E-state index contributed by atoms with van der Waals surface area (Å²) >= 11 is 0. The lowest BCUT2D eigenvalue weighted by atomic mass is 9.74. The molecular formula is C16H23N3O. The number of hydrogen-bond acceptors (Lipinski definition) is 2. The fourth-order valence-corrected chi connectivity index (χ4v) is 3.80. The number of aryl methyl sites for hydroxylation is 1. The molecule has 1 atom stereocenters.